The molecule has 30 heteroatoms. The average molecular weight is 1290 g/mol. The fraction of sp³-hybridized carbons (Fsp3) is 0.524. The van der Waals surface area contributed by atoms with E-state index in [4.69, 9.17) is 22.9 Å². The smallest absolute Gasteiger partial charge is 0.252 e. The normalized spacial score (nSPS) is 21.3. The minimum Gasteiger partial charge on any atom is -0.370 e. The van der Waals surface area contributed by atoms with Gasteiger partial charge < -0.3 is 80.3 Å². The Kier molecular flexibility index (Phi) is 27.8. The van der Waals surface area contributed by atoms with Crippen LogP contribution in [0.3, 0.4) is 0 Å². The lowest BCUT2D eigenvalue weighted by atomic mass is 10.0. The Balaban J connectivity index is 1.52. The number of hydrogen-bond donors (Lipinski definition) is 14. The van der Waals surface area contributed by atoms with Crippen LogP contribution in [0.5, 0.6) is 0 Å². The summed E-state index contributed by atoms with van der Waals surface area (Å²) in [7, 11) is 0. The molecule has 4 heterocycles. The predicted molar refractivity (Wildman–Crippen MR) is 343 cm³/mol. The molecule has 4 aromatic rings. The third-order valence-corrected chi connectivity index (χ3v) is 16.2. The molecular weight excluding hydrogens is 1200 g/mol. The highest BCUT2D eigenvalue weighted by atomic mass is 16.2. The van der Waals surface area contributed by atoms with Crippen LogP contribution in [0.25, 0.3) is 10.9 Å². The van der Waals surface area contributed by atoms with Crippen LogP contribution in [-0.4, -0.2) is 182 Å². The number of imide groups is 1. The van der Waals surface area contributed by atoms with Gasteiger partial charge in [-0.2, -0.15) is 0 Å². The molecule has 0 radical (unpaired) electrons. The highest BCUT2D eigenvalue weighted by Crippen LogP contribution is 2.23. The third kappa shape index (κ3) is 21.7. The van der Waals surface area contributed by atoms with Crippen molar-refractivity contribution < 1.29 is 57.5 Å². The molecule has 2 aliphatic heterocycles. The highest BCUT2D eigenvalue weighted by Gasteiger charge is 2.41. The molecule has 6 rings (SSSR count). The SMILES string of the molecule is CCCC[C@H](NC(C)=O)C(=O)N[C@H]1CCC(=O)N(CC(=O)N2CCC[C@H]2C(=O)N[C@H](C(N)=O)C(C)C)C(=O)[C@H](CCCCN)NC(=O)[C@H](Cc2c[nH]c3ccccc23)NC(=O)[C@H](CCCN=C(N)N)NC(=O)[C@@H](Cc2ccccc2)NC(=O)[C@H](Cc2cnc[nH]2)NC1=O. The molecule has 2 aliphatic rings. The summed E-state index contributed by atoms with van der Waals surface area (Å²) >= 11 is 0. The molecule has 0 bridgehead atoms. The Morgan fingerprint density at radius 2 is 1.35 bits per heavy atom. The van der Waals surface area contributed by atoms with Crippen LogP contribution in [0, 0.1) is 5.92 Å². The summed E-state index contributed by atoms with van der Waals surface area (Å²) in [6, 6.07) is 2.89. The third-order valence-electron chi connectivity index (χ3n) is 16.2. The van der Waals surface area contributed by atoms with Crippen molar-refractivity contribution in [3.05, 3.63) is 90.1 Å². The van der Waals surface area contributed by atoms with Crippen molar-refractivity contribution in [2.24, 2.45) is 33.8 Å². The highest BCUT2D eigenvalue weighted by molar-refractivity contribution is 6.04. The monoisotopic (exact) mass is 1290 g/mol. The molecule has 0 aliphatic carbocycles. The Bertz CT molecular complexity index is 3280. The number of primary amides is 1. The number of H-pyrrole nitrogens is 2. The first-order valence-electron chi connectivity index (χ1n) is 31.6. The number of carbonyl (C=O) groups is 12. The number of likely N-dealkylation sites (tertiary alicyclic amines) is 1. The fourth-order valence-corrected chi connectivity index (χ4v) is 11.2. The molecule has 0 saturated carbocycles. The van der Waals surface area contributed by atoms with Gasteiger partial charge in [0.25, 0.3) is 5.91 Å². The second-order valence-electron chi connectivity index (χ2n) is 23.8. The second-order valence-corrected chi connectivity index (χ2v) is 23.8. The van der Waals surface area contributed by atoms with E-state index >= 15 is 24.0 Å². The number of unbranched alkanes of at least 4 members (excludes halogenated alkanes) is 2. The zero-order chi connectivity index (χ0) is 67.7. The number of nitrogens with two attached hydrogens (primary N) is 4. The van der Waals surface area contributed by atoms with E-state index in [1.165, 1.54) is 24.3 Å². The number of rotatable bonds is 26. The van der Waals surface area contributed by atoms with E-state index in [2.05, 4.69) is 62.5 Å². The molecule has 2 aromatic carbocycles. The summed E-state index contributed by atoms with van der Waals surface area (Å²) in [5, 5.41) is 22.4. The molecule has 0 spiro atoms. The van der Waals surface area contributed by atoms with Gasteiger partial charge in [-0.1, -0.05) is 82.1 Å². The first kappa shape index (κ1) is 72.3. The Morgan fingerprint density at radius 1 is 0.720 bits per heavy atom. The summed E-state index contributed by atoms with van der Waals surface area (Å²) in [6.07, 6.45) is 4.23. The first-order chi connectivity index (χ1) is 44.5. The van der Waals surface area contributed by atoms with Crippen LogP contribution in [0.2, 0.25) is 0 Å². The maximum Gasteiger partial charge on any atom is 0.252 e. The lowest BCUT2D eigenvalue weighted by Gasteiger charge is -2.31. The van der Waals surface area contributed by atoms with Gasteiger partial charge in [0.1, 0.15) is 60.9 Å². The topological polar surface area (TPSA) is 468 Å². The number of fused-ring (bicyclic) bond motifs is 1. The van der Waals surface area contributed by atoms with Crippen molar-refractivity contribution >= 4 is 87.7 Å². The number of amides is 12. The van der Waals surface area contributed by atoms with Gasteiger partial charge in [-0.15, -0.1) is 0 Å². The number of imidazole rings is 1. The molecule has 12 amide bonds. The van der Waals surface area contributed by atoms with Crippen LogP contribution in [0.1, 0.15) is 122 Å². The van der Waals surface area contributed by atoms with E-state index in [1.807, 2.05) is 6.92 Å². The standard InChI is InChI=1S/C63H90N18O12/c1-5-6-19-43(72-37(4)82)55(86)74-45-24-25-51(83)81(34-52(84)80-28-15-23-50(80)61(92)79-53(36(2)3)54(65)85)62(93)46(21-12-13-26-64)75-59(90)48(30-39-32-70-42-20-11-10-18-41(39)42)77-56(87)44(22-14-27-69-63(66)67)73-58(89)47(29-38-16-8-7-9-17-38)76-60(91)49(78-57(45)88)31-40-33-68-35-71-40/h7-11,16-18,20,32-33,35-36,43-50,53,70H,5-6,12-15,19,21-31,34,64H2,1-4H3,(H2,65,85)(H,68,71)(H,72,82)(H,73,89)(H,74,86)(H,75,90)(H,76,91)(H,77,87)(H,78,88)(H,79,92)(H4,66,67,69)/t43-,44-,45-,46-,47+,48-,49-,50-,53-/m0/s1. The van der Waals surface area contributed by atoms with Gasteiger partial charge in [0.05, 0.1) is 6.33 Å². The zero-order valence-corrected chi connectivity index (χ0v) is 53.1. The molecule has 18 N–H and O–H groups in total. The van der Waals surface area contributed by atoms with Gasteiger partial charge in [0.15, 0.2) is 5.96 Å². The number of guanidine groups is 1. The van der Waals surface area contributed by atoms with Crippen molar-refractivity contribution in [3.8, 4) is 0 Å². The van der Waals surface area contributed by atoms with Crippen LogP contribution >= 0.6 is 0 Å². The van der Waals surface area contributed by atoms with E-state index in [9.17, 15) is 33.6 Å². The van der Waals surface area contributed by atoms with E-state index in [1.54, 1.807) is 74.6 Å². The van der Waals surface area contributed by atoms with Gasteiger partial charge in [0, 0.05) is 74.7 Å². The summed E-state index contributed by atoms with van der Waals surface area (Å²) in [4.78, 5) is 190. The molecule has 9 atom stereocenters. The van der Waals surface area contributed by atoms with Gasteiger partial charge in [-0.3, -0.25) is 67.4 Å². The number of aromatic amines is 2. The molecule has 0 unspecified atom stereocenters. The Morgan fingerprint density at radius 3 is 2.00 bits per heavy atom. The maximum atomic E-state index is 15.6. The summed E-state index contributed by atoms with van der Waals surface area (Å²) < 4.78 is 0. The number of carbonyl (C=O) groups excluding carboxylic acids is 12. The molecule has 504 valence electrons. The fourth-order valence-electron chi connectivity index (χ4n) is 11.2. The van der Waals surface area contributed by atoms with E-state index < -0.39 is 151 Å². The number of benzene rings is 2. The largest absolute Gasteiger partial charge is 0.370 e. The van der Waals surface area contributed by atoms with Gasteiger partial charge in [0.2, 0.25) is 65.0 Å². The minimum atomic E-state index is -1.73. The maximum absolute atomic E-state index is 15.6. The van der Waals surface area contributed by atoms with Crippen molar-refractivity contribution in [2.75, 3.05) is 26.2 Å². The number of nitrogens with zero attached hydrogens (tertiary/aromatic N) is 4. The van der Waals surface area contributed by atoms with Crippen LogP contribution in [0.4, 0.5) is 0 Å². The molecule has 2 saturated heterocycles. The van der Waals surface area contributed by atoms with E-state index in [0.717, 1.165) is 0 Å². The lowest BCUT2D eigenvalue weighted by molar-refractivity contribution is -0.153. The summed E-state index contributed by atoms with van der Waals surface area (Å²) in [5.74, 6) is -11.4. The Labute approximate surface area is 539 Å². The molecule has 93 heavy (non-hydrogen) atoms. The van der Waals surface area contributed by atoms with Crippen molar-refractivity contribution in [3.63, 3.8) is 0 Å². The number of hydrogen-bond acceptors (Lipinski definition) is 15. The number of para-hydroxylation sites is 1. The van der Waals surface area contributed by atoms with Crippen LogP contribution in [0.15, 0.2) is 78.3 Å². The summed E-state index contributed by atoms with van der Waals surface area (Å²) in [6.45, 7) is 5.51. The van der Waals surface area contributed by atoms with Crippen LogP contribution in [-0.2, 0) is 76.8 Å². The minimum absolute atomic E-state index is 0.00168. The number of aromatic nitrogens is 3. The average Bonchev–Trinajstić information content (AvgIpc) is 1.78. The van der Waals surface area contributed by atoms with Gasteiger partial charge in [-0.05, 0) is 87.4 Å². The predicted octanol–water partition coefficient (Wildman–Crippen LogP) is -1.53. The first-order valence-corrected chi connectivity index (χ1v) is 31.6. The lowest BCUT2D eigenvalue weighted by Crippen LogP contribution is -2.60. The molecule has 2 aromatic heterocycles. The van der Waals surface area contributed by atoms with E-state index in [0.29, 0.717) is 58.3 Å². The van der Waals surface area contributed by atoms with E-state index in [-0.39, 0.29) is 83.4 Å². The molecular formula is C63H90N18O12. The van der Waals surface area contributed by atoms with Gasteiger partial charge in [-0.25, -0.2) is 4.98 Å². The second kappa shape index (κ2) is 35.8. The van der Waals surface area contributed by atoms with Gasteiger partial charge >= 0.3 is 0 Å². The Hall–Kier alpha value is -9.74. The van der Waals surface area contributed by atoms with Crippen molar-refractivity contribution in [2.45, 2.75) is 178 Å². The quantitative estimate of drug-likeness (QED) is 0.0147. The molecule has 2 fully saturated rings. The van der Waals surface area contributed by atoms with Crippen molar-refractivity contribution in [1.82, 2.24) is 67.3 Å². The number of nitrogens with one attached hydrogen (secondary N) is 10. The molecule has 30 nitrogen and oxygen atoms in total. The number of aliphatic imine (C=N–C) groups is 1. The zero-order valence-electron chi connectivity index (χ0n) is 53.1. The van der Waals surface area contributed by atoms with Crippen molar-refractivity contribution in [1.29, 1.82) is 0 Å². The summed E-state index contributed by atoms with van der Waals surface area (Å²) in [5.41, 5.74) is 25.0. The van der Waals surface area contributed by atoms with Crippen LogP contribution < -0.4 is 65.5 Å².